The van der Waals surface area contributed by atoms with E-state index in [1.165, 1.54) is 0 Å². The van der Waals surface area contributed by atoms with Crippen molar-refractivity contribution in [2.45, 2.75) is 12.5 Å². The topological polar surface area (TPSA) is 56.6 Å². The number of nitrogens with zero attached hydrogens (tertiary/aromatic N) is 1. The Kier molecular flexibility index (Phi) is 6.07. The fourth-order valence-electron chi connectivity index (χ4n) is 1.43. The summed E-state index contributed by atoms with van der Waals surface area (Å²) in [5, 5.41) is 20.0. The molecule has 2 heterocycles. The van der Waals surface area contributed by atoms with Crippen molar-refractivity contribution < 1.29 is 5.11 Å². The van der Waals surface area contributed by atoms with Crippen LogP contribution in [0.3, 0.4) is 0 Å². The lowest BCUT2D eigenvalue weighted by atomic mass is 10.2. The summed E-state index contributed by atoms with van der Waals surface area (Å²) in [4.78, 5) is 4.27. The minimum atomic E-state index is -0.456. The summed E-state index contributed by atoms with van der Waals surface area (Å²) in [6.45, 7) is 2.33. The van der Waals surface area contributed by atoms with Gasteiger partial charge in [-0.25, -0.2) is 0 Å². The van der Waals surface area contributed by atoms with Crippen molar-refractivity contribution in [1.82, 2.24) is 10.6 Å². The van der Waals surface area contributed by atoms with Gasteiger partial charge < -0.3 is 15.7 Å². The molecule has 0 radical (unpaired) electrons. The van der Waals surface area contributed by atoms with Crippen LogP contribution in [0.2, 0.25) is 0 Å². The Morgan fingerprint density at radius 3 is 3.12 bits per heavy atom. The van der Waals surface area contributed by atoms with Crippen LogP contribution in [0.1, 0.15) is 18.1 Å². The van der Waals surface area contributed by atoms with Crippen molar-refractivity contribution in [2.75, 3.05) is 19.6 Å². The summed E-state index contributed by atoms with van der Waals surface area (Å²) in [5.74, 6) is 0.801. The Balaban J connectivity index is 0.00000128. The number of halogens is 1. The molecule has 2 rings (SSSR count). The monoisotopic (exact) mass is 353 g/mol. The van der Waals surface area contributed by atoms with Crippen LogP contribution < -0.4 is 10.6 Å². The molecule has 1 aromatic rings. The molecule has 0 aliphatic carbocycles. The summed E-state index contributed by atoms with van der Waals surface area (Å²) >= 11 is 1.60. The fourth-order valence-corrected chi connectivity index (χ4v) is 2.13. The van der Waals surface area contributed by atoms with Gasteiger partial charge in [-0.2, -0.15) is 11.3 Å². The van der Waals surface area contributed by atoms with Crippen molar-refractivity contribution in [1.29, 1.82) is 0 Å². The van der Waals surface area contributed by atoms with Crippen LogP contribution in [-0.2, 0) is 0 Å². The third kappa shape index (κ3) is 3.91. The first-order valence-corrected chi connectivity index (χ1v) is 6.03. The van der Waals surface area contributed by atoms with Gasteiger partial charge in [-0.15, -0.1) is 24.0 Å². The summed E-state index contributed by atoms with van der Waals surface area (Å²) < 4.78 is 0. The van der Waals surface area contributed by atoms with E-state index in [0.717, 1.165) is 31.0 Å². The van der Waals surface area contributed by atoms with Crippen molar-refractivity contribution in [2.24, 2.45) is 4.99 Å². The van der Waals surface area contributed by atoms with Crippen LogP contribution >= 0.6 is 35.3 Å². The SMILES string of the molecule is I.OC(CNC1=NCCCN1)c1ccsc1. The van der Waals surface area contributed by atoms with E-state index in [2.05, 4.69) is 15.6 Å². The standard InChI is InChI=1S/C10H15N3OS.HI/c14-9(8-2-5-15-7-8)6-13-10-11-3-1-4-12-10;/h2,5,7,9,14H,1,3-4,6H2,(H2,11,12,13);1H. The van der Waals surface area contributed by atoms with Gasteiger partial charge in [-0.05, 0) is 28.8 Å². The molecule has 0 fully saturated rings. The largest absolute Gasteiger partial charge is 0.387 e. The van der Waals surface area contributed by atoms with Crippen molar-refractivity contribution >= 4 is 41.3 Å². The van der Waals surface area contributed by atoms with Gasteiger partial charge in [0.15, 0.2) is 5.96 Å². The second-order valence-corrected chi connectivity index (χ2v) is 4.24. The predicted molar refractivity (Wildman–Crippen MR) is 77.6 cm³/mol. The van der Waals surface area contributed by atoms with E-state index in [-0.39, 0.29) is 24.0 Å². The van der Waals surface area contributed by atoms with Crippen LogP contribution in [0.25, 0.3) is 0 Å². The van der Waals surface area contributed by atoms with Crippen molar-refractivity contribution in [3.63, 3.8) is 0 Å². The molecule has 3 N–H and O–H groups in total. The van der Waals surface area contributed by atoms with E-state index in [9.17, 15) is 5.11 Å². The number of aliphatic hydroxyl groups is 1. The molecule has 1 unspecified atom stereocenters. The minimum absolute atomic E-state index is 0. The minimum Gasteiger partial charge on any atom is -0.387 e. The van der Waals surface area contributed by atoms with E-state index in [4.69, 9.17) is 0 Å². The van der Waals surface area contributed by atoms with Gasteiger partial charge in [-0.3, -0.25) is 4.99 Å². The molecule has 0 saturated carbocycles. The van der Waals surface area contributed by atoms with Crippen molar-refractivity contribution in [3.05, 3.63) is 22.4 Å². The smallest absolute Gasteiger partial charge is 0.191 e. The second kappa shape index (κ2) is 7.08. The molecule has 6 heteroatoms. The molecule has 90 valence electrons. The van der Waals surface area contributed by atoms with Crippen molar-refractivity contribution in [3.8, 4) is 0 Å². The highest BCUT2D eigenvalue weighted by Crippen LogP contribution is 2.14. The summed E-state index contributed by atoms with van der Waals surface area (Å²) in [6, 6.07) is 1.94. The zero-order valence-corrected chi connectivity index (χ0v) is 12.0. The Morgan fingerprint density at radius 2 is 2.50 bits per heavy atom. The molecule has 1 aliphatic heterocycles. The van der Waals surface area contributed by atoms with Crippen LogP contribution in [0.15, 0.2) is 21.8 Å². The normalized spacial score (nSPS) is 16.7. The number of guanidine groups is 1. The zero-order chi connectivity index (χ0) is 10.5. The highest BCUT2D eigenvalue weighted by atomic mass is 127. The van der Waals surface area contributed by atoms with Gasteiger partial charge in [0.2, 0.25) is 0 Å². The van der Waals surface area contributed by atoms with E-state index in [0.29, 0.717) is 6.54 Å². The second-order valence-electron chi connectivity index (χ2n) is 3.46. The fraction of sp³-hybridized carbons (Fsp3) is 0.500. The van der Waals surface area contributed by atoms with Gasteiger partial charge in [-0.1, -0.05) is 0 Å². The van der Waals surface area contributed by atoms with Gasteiger partial charge >= 0.3 is 0 Å². The first-order chi connectivity index (χ1) is 7.36. The third-order valence-electron chi connectivity index (χ3n) is 2.29. The number of aliphatic imine (C=N–C) groups is 1. The van der Waals surface area contributed by atoms with Crippen LogP contribution in [-0.4, -0.2) is 30.7 Å². The lowest BCUT2D eigenvalue weighted by molar-refractivity contribution is 0.181. The summed E-state index contributed by atoms with van der Waals surface area (Å²) in [6.07, 6.45) is 0.626. The Labute approximate surface area is 116 Å². The molecule has 16 heavy (non-hydrogen) atoms. The van der Waals surface area contributed by atoms with Gasteiger partial charge in [0.1, 0.15) is 0 Å². The van der Waals surface area contributed by atoms with E-state index >= 15 is 0 Å². The molecule has 0 saturated heterocycles. The number of rotatable bonds is 3. The molecular weight excluding hydrogens is 337 g/mol. The zero-order valence-electron chi connectivity index (χ0n) is 8.85. The number of thiophene rings is 1. The van der Waals surface area contributed by atoms with Crippen LogP contribution in [0.5, 0.6) is 0 Å². The quantitative estimate of drug-likeness (QED) is 0.719. The Morgan fingerprint density at radius 1 is 1.62 bits per heavy atom. The van der Waals surface area contributed by atoms with Gasteiger partial charge in [0.05, 0.1) is 6.10 Å². The predicted octanol–water partition coefficient (Wildman–Crippen LogP) is 1.34. The highest BCUT2D eigenvalue weighted by molar-refractivity contribution is 14.0. The molecule has 0 aromatic carbocycles. The van der Waals surface area contributed by atoms with Gasteiger partial charge in [0.25, 0.3) is 0 Å². The first-order valence-electron chi connectivity index (χ1n) is 5.08. The van der Waals surface area contributed by atoms with E-state index in [1.807, 2.05) is 16.8 Å². The number of hydrogen-bond donors (Lipinski definition) is 3. The van der Waals surface area contributed by atoms with Crippen LogP contribution in [0.4, 0.5) is 0 Å². The molecule has 0 amide bonds. The maximum absolute atomic E-state index is 9.80. The maximum atomic E-state index is 9.80. The molecule has 1 atom stereocenters. The lowest BCUT2D eigenvalue weighted by Gasteiger charge is -2.17. The van der Waals surface area contributed by atoms with E-state index in [1.54, 1.807) is 11.3 Å². The lowest BCUT2D eigenvalue weighted by Crippen LogP contribution is -2.42. The number of nitrogens with one attached hydrogen (secondary N) is 2. The number of aliphatic hydroxyl groups excluding tert-OH is 1. The summed E-state index contributed by atoms with van der Waals surface area (Å²) in [7, 11) is 0. The Bertz CT molecular complexity index is 329. The first kappa shape index (κ1) is 13.7. The molecule has 1 aliphatic rings. The number of hydrogen-bond acceptors (Lipinski definition) is 5. The molecule has 1 aromatic heterocycles. The summed E-state index contributed by atoms with van der Waals surface area (Å²) in [5.41, 5.74) is 0.962. The average molecular weight is 353 g/mol. The molecule has 4 nitrogen and oxygen atoms in total. The van der Waals surface area contributed by atoms with Crippen LogP contribution in [0, 0.1) is 0 Å². The third-order valence-corrected chi connectivity index (χ3v) is 2.99. The van der Waals surface area contributed by atoms with E-state index < -0.39 is 6.10 Å². The Hall–Kier alpha value is -0.340. The maximum Gasteiger partial charge on any atom is 0.191 e. The molecular formula is C10H16IN3OS. The van der Waals surface area contributed by atoms with Gasteiger partial charge in [0, 0.05) is 19.6 Å². The molecule has 0 bridgehead atoms. The highest BCUT2D eigenvalue weighted by Gasteiger charge is 2.09. The average Bonchev–Trinajstić information content (AvgIpc) is 2.81. The molecule has 0 spiro atoms.